The fourth-order valence-corrected chi connectivity index (χ4v) is 1.96. The quantitative estimate of drug-likeness (QED) is 0.766. The average molecular weight is 254 g/mol. The number of hydrogen-bond acceptors (Lipinski definition) is 7. The lowest BCUT2D eigenvalue weighted by Gasteiger charge is -2.03. The summed E-state index contributed by atoms with van der Waals surface area (Å²) in [6, 6.07) is 0. The second-order valence-corrected chi connectivity index (χ2v) is 5.30. The van der Waals surface area contributed by atoms with Gasteiger partial charge in [-0.05, 0) is 17.4 Å². The Labute approximate surface area is 103 Å². The molecule has 0 radical (unpaired) electrons. The van der Waals surface area contributed by atoms with E-state index in [0.717, 1.165) is 11.0 Å². The number of tetrazole rings is 1. The molecular weight excluding hydrogens is 240 g/mol. The van der Waals surface area contributed by atoms with Gasteiger partial charge in [-0.3, -0.25) is 0 Å². The number of nitrogens with zero attached hydrogens (tertiary/aromatic N) is 6. The summed E-state index contributed by atoms with van der Waals surface area (Å²) in [7, 11) is 1.79. The van der Waals surface area contributed by atoms with Gasteiger partial charge in [0.25, 0.3) is 0 Å². The van der Waals surface area contributed by atoms with Crippen LogP contribution in [0.2, 0.25) is 0 Å². The first-order valence-electron chi connectivity index (χ1n) is 5.30. The molecule has 92 valence electrons. The van der Waals surface area contributed by atoms with Crippen LogP contribution in [0, 0.1) is 0 Å². The number of rotatable bonds is 4. The third kappa shape index (κ3) is 2.63. The van der Waals surface area contributed by atoms with Gasteiger partial charge < -0.3 is 4.52 Å². The number of aryl methyl sites for hydroxylation is 1. The summed E-state index contributed by atoms with van der Waals surface area (Å²) in [5, 5.41) is 15.9. The van der Waals surface area contributed by atoms with Crippen LogP contribution < -0.4 is 0 Å². The van der Waals surface area contributed by atoms with Gasteiger partial charge in [0, 0.05) is 13.0 Å². The third-order valence-corrected chi connectivity index (χ3v) is 3.30. The van der Waals surface area contributed by atoms with Crippen molar-refractivity contribution in [2.24, 2.45) is 7.05 Å². The maximum absolute atomic E-state index is 5.22. The molecule has 0 fully saturated rings. The molecule has 2 rings (SSSR count). The van der Waals surface area contributed by atoms with Crippen LogP contribution in [0.3, 0.4) is 0 Å². The van der Waals surface area contributed by atoms with Gasteiger partial charge in [0.05, 0.1) is 5.25 Å². The minimum absolute atomic E-state index is 0.0275. The highest BCUT2D eigenvalue weighted by atomic mass is 32.2. The summed E-state index contributed by atoms with van der Waals surface area (Å²) in [6.45, 7) is 6.04. The van der Waals surface area contributed by atoms with Crippen LogP contribution in [0.15, 0.2) is 9.68 Å². The van der Waals surface area contributed by atoms with Crippen LogP contribution in [0.1, 0.15) is 43.7 Å². The van der Waals surface area contributed by atoms with Gasteiger partial charge in [0.1, 0.15) is 0 Å². The average Bonchev–Trinajstić information content (AvgIpc) is 2.88. The van der Waals surface area contributed by atoms with Crippen LogP contribution >= 0.6 is 11.8 Å². The third-order valence-electron chi connectivity index (χ3n) is 2.19. The predicted octanol–water partition coefficient (Wildman–Crippen LogP) is 1.57. The molecule has 0 aromatic carbocycles. The molecule has 0 saturated heterocycles. The van der Waals surface area contributed by atoms with Crippen LogP contribution in [0.25, 0.3) is 0 Å². The van der Waals surface area contributed by atoms with Gasteiger partial charge in [-0.1, -0.05) is 30.8 Å². The van der Waals surface area contributed by atoms with Crippen LogP contribution in [0.5, 0.6) is 0 Å². The SMILES string of the molecule is CC(C)c1noc([C@H](C)Sc2nnnn2C)n1. The fourth-order valence-electron chi connectivity index (χ4n) is 1.18. The molecule has 1 atom stereocenters. The Morgan fingerprint density at radius 2 is 2.06 bits per heavy atom. The Morgan fingerprint density at radius 3 is 2.59 bits per heavy atom. The highest BCUT2D eigenvalue weighted by molar-refractivity contribution is 7.99. The molecule has 0 amide bonds. The van der Waals surface area contributed by atoms with Crippen molar-refractivity contribution in [1.29, 1.82) is 0 Å². The Bertz CT molecular complexity index is 493. The minimum atomic E-state index is 0.0275. The summed E-state index contributed by atoms with van der Waals surface area (Å²) in [4.78, 5) is 4.34. The van der Waals surface area contributed by atoms with Gasteiger partial charge in [0.2, 0.25) is 11.0 Å². The second kappa shape index (κ2) is 4.82. The molecule has 0 unspecified atom stereocenters. The van der Waals surface area contributed by atoms with Gasteiger partial charge >= 0.3 is 0 Å². The summed E-state index contributed by atoms with van der Waals surface area (Å²) >= 11 is 1.49. The molecule has 8 heteroatoms. The largest absolute Gasteiger partial charge is 0.338 e. The Kier molecular flexibility index (Phi) is 3.41. The minimum Gasteiger partial charge on any atom is -0.338 e. The lowest BCUT2D eigenvalue weighted by Crippen LogP contribution is -1.97. The van der Waals surface area contributed by atoms with Crippen molar-refractivity contribution in [3.63, 3.8) is 0 Å². The molecule has 2 aromatic rings. The fraction of sp³-hybridized carbons (Fsp3) is 0.667. The Hall–Kier alpha value is -1.44. The number of thioether (sulfide) groups is 1. The van der Waals surface area contributed by atoms with Crippen molar-refractivity contribution in [2.75, 3.05) is 0 Å². The van der Waals surface area contributed by atoms with E-state index in [-0.39, 0.29) is 11.2 Å². The van der Waals surface area contributed by atoms with Crippen molar-refractivity contribution < 1.29 is 4.52 Å². The van der Waals surface area contributed by atoms with E-state index in [1.54, 1.807) is 11.7 Å². The maximum atomic E-state index is 5.22. The zero-order valence-electron chi connectivity index (χ0n) is 10.2. The van der Waals surface area contributed by atoms with Crippen LogP contribution in [0.4, 0.5) is 0 Å². The molecule has 2 aromatic heterocycles. The van der Waals surface area contributed by atoms with Gasteiger partial charge in [-0.15, -0.1) is 5.10 Å². The molecule has 2 heterocycles. The summed E-state index contributed by atoms with van der Waals surface area (Å²) < 4.78 is 6.83. The molecule has 0 aliphatic rings. The summed E-state index contributed by atoms with van der Waals surface area (Å²) in [6.07, 6.45) is 0. The first kappa shape index (κ1) is 12.0. The van der Waals surface area contributed by atoms with E-state index in [1.807, 2.05) is 20.8 Å². The molecule has 7 nitrogen and oxygen atoms in total. The summed E-state index contributed by atoms with van der Waals surface area (Å²) in [5.41, 5.74) is 0. The lowest BCUT2D eigenvalue weighted by molar-refractivity contribution is 0.373. The van der Waals surface area contributed by atoms with Crippen molar-refractivity contribution in [2.45, 2.75) is 37.1 Å². The van der Waals surface area contributed by atoms with E-state index in [0.29, 0.717) is 5.89 Å². The zero-order chi connectivity index (χ0) is 12.4. The van der Waals surface area contributed by atoms with E-state index < -0.39 is 0 Å². The van der Waals surface area contributed by atoms with Crippen molar-refractivity contribution >= 4 is 11.8 Å². The first-order chi connectivity index (χ1) is 8.08. The molecule has 0 saturated carbocycles. The second-order valence-electron chi connectivity index (χ2n) is 3.99. The Morgan fingerprint density at radius 1 is 1.29 bits per heavy atom. The molecule has 0 spiro atoms. The normalized spacial score (nSPS) is 13.2. The molecule has 0 N–H and O–H groups in total. The molecular formula is C9H14N6OS. The van der Waals surface area contributed by atoms with Gasteiger partial charge in [0.15, 0.2) is 5.82 Å². The van der Waals surface area contributed by atoms with Crippen molar-refractivity contribution in [3.05, 3.63) is 11.7 Å². The standard InChI is InChI=1S/C9H14N6OS/c1-5(2)7-10-8(16-12-7)6(3)17-9-11-13-14-15(9)4/h5-6H,1-4H3/t6-/m0/s1. The number of hydrogen-bond donors (Lipinski definition) is 0. The Balaban J connectivity index is 2.09. The van der Waals surface area contributed by atoms with Crippen molar-refractivity contribution in [1.82, 2.24) is 30.3 Å². The van der Waals surface area contributed by atoms with Gasteiger partial charge in [-0.25, -0.2) is 4.68 Å². The number of aromatic nitrogens is 6. The van der Waals surface area contributed by atoms with Crippen LogP contribution in [-0.2, 0) is 7.05 Å². The van der Waals surface area contributed by atoms with Gasteiger partial charge in [-0.2, -0.15) is 4.98 Å². The van der Waals surface area contributed by atoms with E-state index in [9.17, 15) is 0 Å². The van der Waals surface area contributed by atoms with E-state index in [4.69, 9.17) is 4.52 Å². The zero-order valence-corrected chi connectivity index (χ0v) is 11.0. The van der Waals surface area contributed by atoms with E-state index >= 15 is 0 Å². The maximum Gasteiger partial charge on any atom is 0.239 e. The van der Waals surface area contributed by atoms with Crippen molar-refractivity contribution in [3.8, 4) is 0 Å². The topological polar surface area (TPSA) is 82.5 Å². The molecule has 0 aliphatic heterocycles. The summed E-state index contributed by atoms with van der Waals surface area (Å²) in [5.74, 6) is 1.59. The monoisotopic (exact) mass is 254 g/mol. The molecule has 0 aliphatic carbocycles. The van der Waals surface area contributed by atoms with Crippen LogP contribution in [-0.4, -0.2) is 30.3 Å². The van der Waals surface area contributed by atoms with E-state index in [1.165, 1.54) is 11.8 Å². The highest BCUT2D eigenvalue weighted by Gasteiger charge is 2.19. The molecule has 0 bridgehead atoms. The predicted molar refractivity (Wildman–Crippen MR) is 61.5 cm³/mol. The molecule has 17 heavy (non-hydrogen) atoms. The smallest absolute Gasteiger partial charge is 0.239 e. The first-order valence-corrected chi connectivity index (χ1v) is 6.18. The van der Waals surface area contributed by atoms with E-state index in [2.05, 4.69) is 25.7 Å². The highest BCUT2D eigenvalue weighted by Crippen LogP contribution is 2.32. The lowest BCUT2D eigenvalue weighted by atomic mass is 10.2.